The minimum absolute atomic E-state index is 0.391. The maximum absolute atomic E-state index is 4.42. The Bertz CT molecular complexity index is 362. The lowest BCUT2D eigenvalue weighted by atomic mass is 10.00. The van der Waals surface area contributed by atoms with Crippen molar-refractivity contribution in [1.82, 2.24) is 19.7 Å². The van der Waals surface area contributed by atoms with E-state index < -0.39 is 0 Å². The second-order valence-corrected chi connectivity index (χ2v) is 6.11. The van der Waals surface area contributed by atoms with Gasteiger partial charge in [-0.2, -0.15) is 5.10 Å². The van der Waals surface area contributed by atoms with Crippen LogP contribution in [0, 0.1) is 0 Å². The number of hydrogen-bond donors (Lipinski definition) is 0. The Morgan fingerprint density at radius 1 is 1.44 bits per heavy atom. The van der Waals surface area contributed by atoms with Crippen LogP contribution in [0.3, 0.4) is 0 Å². The van der Waals surface area contributed by atoms with Crippen molar-refractivity contribution in [2.24, 2.45) is 0 Å². The SMILES string of the molecule is CC(C)n1ncnc1CN1CCCCC1CCBr. The van der Waals surface area contributed by atoms with Gasteiger partial charge in [-0.25, -0.2) is 9.67 Å². The lowest BCUT2D eigenvalue weighted by molar-refractivity contribution is 0.131. The molecule has 18 heavy (non-hydrogen) atoms. The normalized spacial score (nSPS) is 21.7. The van der Waals surface area contributed by atoms with Gasteiger partial charge in [0.15, 0.2) is 0 Å². The first-order valence-corrected chi connectivity index (χ1v) is 8.03. The number of rotatable bonds is 5. The molecule has 1 aromatic heterocycles. The predicted molar refractivity (Wildman–Crippen MR) is 76.9 cm³/mol. The van der Waals surface area contributed by atoms with Crippen LogP contribution in [0.25, 0.3) is 0 Å². The number of aromatic nitrogens is 3. The molecule has 0 spiro atoms. The monoisotopic (exact) mass is 314 g/mol. The first-order chi connectivity index (χ1) is 8.72. The van der Waals surface area contributed by atoms with Gasteiger partial charge < -0.3 is 0 Å². The fourth-order valence-electron chi connectivity index (χ4n) is 2.72. The molecule has 0 amide bonds. The van der Waals surface area contributed by atoms with Gasteiger partial charge in [0.1, 0.15) is 12.2 Å². The summed E-state index contributed by atoms with van der Waals surface area (Å²) in [6.07, 6.45) is 6.91. The van der Waals surface area contributed by atoms with E-state index in [4.69, 9.17) is 0 Å². The topological polar surface area (TPSA) is 34.0 Å². The molecule has 5 heteroatoms. The molecule has 0 N–H and O–H groups in total. The van der Waals surface area contributed by atoms with E-state index in [0.717, 1.165) is 17.7 Å². The molecule has 0 bridgehead atoms. The predicted octanol–water partition coefficient (Wildman–Crippen LogP) is 3.00. The first kappa shape index (κ1) is 14.0. The van der Waals surface area contributed by atoms with Crippen LogP contribution in [-0.4, -0.2) is 37.6 Å². The van der Waals surface area contributed by atoms with Crippen LogP contribution in [0.4, 0.5) is 0 Å². The molecule has 1 aliphatic rings. The van der Waals surface area contributed by atoms with Crippen molar-refractivity contribution in [2.45, 2.75) is 58.2 Å². The Balaban J connectivity index is 2.03. The summed E-state index contributed by atoms with van der Waals surface area (Å²) in [6.45, 7) is 6.45. The van der Waals surface area contributed by atoms with E-state index in [2.05, 4.69) is 44.8 Å². The number of halogens is 1. The van der Waals surface area contributed by atoms with Gasteiger partial charge >= 0.3 is 0 Å². The summed E-state index contributed by atoms with van der Waals surface area (Å²) in [4.78, 5) is 7.00. The Morgan fingerprint density at radius 2 is 2.28 bits per heavy atom. The average Bonchev–Trinajstić information content (AvgIpc) is 2.80. The van der Waals surface area contributed by atoms with Crippen LogP contribution >= 0.6 is 15.9 Å². The van der Waals surface area contributed by atoms with E-state index in [1.807, 2.05) is 4.68 Å². The van der Waals surface area contributed by atoms with E-state index in [0.29, 0.717) is 12.1 Å². The summed E-state index contributed by atoms with van der Waals surface area (Å²) in [5.41, 5.74) is 0. The average molecular weight is 315 g/mol. The lowest BCUT2D eigenvalue weighted by Gasteiger charge is -2.35. The zero-order valence-electron chi connectivity index (χ0n) is 11.3. The molecule has 4 nitrogen and oxygen atoms in total. The van der Waals surface area contributed by atoms with E-state index in [1.54, 1.807) is 6.33 Å². The van der Waals surface area contributed by atoms with E-state index in [9.17, 15) is 0 Å². The zero-order chi connectivity index (χ0) is 13.0. The fourth-order valence-corrected chi connectivity index (χ4v) is 3.25. The molecular weight excluding hydrogens is 292 g/mol. The smallest absolute Gasteiger partial charge is 0.141 e. The summed E-state index contributed by atoms with van der Waals surface area (Å²) >= 11 is 3.57. The van der Waals surface area contributed by atoms with Crippen molar-refractivity contribution in [3.8, 4) is 0 Å². The molecule has 1 atom stereocenters. The molecule has 102 valence electrons. The summed E-state index contributed by atoms with van der Waals surface area (Å²) in [5, 5.41) is 5.41. The van der Waals surface area contributed by atoms with Crippen molar-refractivity contribution < 1.29 is 0 Å². The molecule has 1 aliphatic heterocycles. The van der Waals surface area contributed by atoms with Crippen molar-refractivity contribution in [1.29, 1.82) is 0 Å². The molecule has 0 saturated carbocycles. The standard InChI is InChI=1S/C13H23BrN4/c1-11(2)18-13(15-10-16-18)9-17-8-4-3-5-12(17)6-7-14/h10-12H,3-9H2,1-2H3. The highest BCUT2D eigenvalue weighted by molar-refractivity contribution is 9.09. The Kier molecular flexibility index (Phi) is 5.18. The molecule has 1 fully saturated rings. The van der Waals surface area contributed by atoms with Crippen molar-refractivity contribution in [2.75, 3.05) is 11.9 Å². The Morgan fingerprint density at radius 3 is 3.00 bits per heavy atom. The fraction of sp³-hybridized carbons (Fsp3) is 0.846. The van der Waals surface area contributed by atoms with Gasteiger partial charge in [0.2, 0.25) is 0 Å². The van der Waals surface area contributed by atoms with E-state index >= 15 is 0 Å². The summed E-state index contributed by atoms with van der Waals surface area (Å²) < 4.78 is 2.04. The van der Waals surface area contributed by atoms with Gasteiger partial charge in [-0.15, -0.1) is 0 Å². The van der Waals surface area contributed by atoms with Gasteiger partial charge in [0.25, 0.3) is 0 Å². The molecule has 2 rings (SSSR count). The highest BCUT2D eigenvalue weighted by atomic mass is 79.9. The number of hydrogen-bond acceptors (Lipinski definition) is 3. The molecule has 0 radical (unpaired) electrons. The number of alkyl halides is 1. The number of piperidine rings is 1. The summed E-state index contributed by atoms with van der Waals surface area (Å²) in [6, 6.07) is 1.09. The number of likely N-dealkylation sites (tertiary alicyclic amines) is 1. The minimum Gasteiger partial charge on any atom is -0.293 e. The highest BCUT2D eigenvalue weighted by Crippen LogP contribution is 2.22. The minimum atomic E-state index is 0.391. The van der Waals surface area contributed by atoms with Crippen LogP contribution in [0.5, 0.6) is 0 Å². The quantitative estimate of drug-likeness (QED) is 0.783. The second-order valence-electron chi connectivity index (χ2n) is 5.31. The van der Waals surface area contributed by atoms with Crippen LogP contribution in [0.2, 0.25) is 0 Å². The van der Waals surface area contributed by atoms with Crippen LogP contribution < -0.4 is 0 Å². The van der Waals surface area contributed by atoms with Gasteiger partial charge in [-0.3, -0.25) is 4.90 Å². The van der Waals surface area contributed by atoms with E-state index in [1.165, 1.54) is 32.2 Å². The van der Waals surface area contributed by atoms with Crippen LogP contribution in [-0.2, 0) is 6.54 Å². The maximum atomic E-state index is 4.42. The third-order valence-corrected chi connectivity index (χ3v) is 4.13. The molecule has 2 heterocycles. The molecule has 1 unspecified atom stereocenters. The third kappa shape index (κ3) is 3.32. The lowest BCUT2D eigenvalue weighted by Crippen LogP contribution is -2.40. The van der Waals surface area contributed by atoms with Gasteiger partial charge in [0, 0.05) is 17.4 Å². The molecule has 0 aliphatic carbocycles. The maximum Gasteiger partial charge on any atom is 0.141 e. The Labute approximate surface area is 118 Å². The van der Waals surface area contributed by atoms with Gasteiger partial charge in [-0.05, 0) is 39.7 Å². The summed E-state index contributed by atoms with van der Waals surface area (Å²) in [5.74, 6) is 1.10. The third-order valence-electron chi connectivity index (χ3n) is 3.67. The molecular formula is C13H23BrN4. The zero-order valence-corrected chi connectivity index (χ0v) is 12.9. The molecule has 0 aromatic carbocycles. The molecule has 1 saturated heterocycles. The second kappa shape index (κ2) is 6.66. The summed E-state index contributed by atoms with van der Waals surface area (Å²) in [7, 11) is 0. The van der Waals surface area contributed by atoms with Crippen molar-refractivity contribution >= 4 is 15.9 Å². The largest absolute Gasteiger partial charge is 0.293 e. The Hall–Kier alpha value is -0.420. The van der Waals surface area contributed by atoms with Gasteiger partial charge in [0.05, 0.1) is 6.54 Å². The van der Waals surface area contributed by atoms with Crippen molar-refractivity contribution in [3.05, 3.63) is 12.2 Å². The first-order valence-electron chi connectivity index (χ1n) is 6.90. The molecule has 1 aromatic rings. The number of nitrogens with zero attached hydrogens (tertiary/aromatic N) is 4. The van der Waals surface area contributed by atoms with Crippen molar-refractivity contribution in [3.63, 3.8) is 0 Å². The van der Waals surface area contributed by atoms with Crippen LogP contribution in [0.1, 0.15) is 51.4 Å². The van der Waals surface area contributed by atoms with Crippen LogP contribution in [0.15, 0.2) is 6.33 Å². The van der Waals surface area contributed by atoms with E-state index in [-0.39, 0.29) is 0 Å². The highest BCUT2D eigenvalue weighted by Gasteiger charge is 2.23. The van der Waals surface area contributed by atoms with Gasteiger partial charge in [-0.1, -0.05) is 22.4 Å².